The molecule has 0 unspecified atom stereocenters. The summed E-state index contributed by atoms with van der Waals surface area (Å²) in [7, 11) is -3.97. The van der Waals surface area contributed by atoms with E-state index in [1.807, 2.05) is 24.3 Å². The highest BCUT2D eigenvalue weighted by atomic mass is 32.2. The minimum Gasteiger partial charge on any atom is -0.490 e. The summed E-state index contributed by atoms with van der Waals surface area (Å²) in [4.78, 5) is 15.3. The number of anilines is 2. The van der Waals surface area contributed by atoms with Crippen LogP contribution in [0.25, 0.3) is 0 Å². The number of rotatable bonds is 7. The van der Waals surface area contributed by atoms with E-state index >= 15 is 0 Å². The van der Waals surface area contributed by atoms with Crippen LogP contribution < -0.4 is 24.4 Å². The topological polar surface area (TPSA) is 106 Å². The number of carbonyl (C=O) groups is 1. The molecule has 1 saturated heterocycles. The first kappa shape index (κ1) is 24.3. The van der Waals surface area contributed by atoms with Crippen LogP contribution in [-0.2, 0) is 19.6 Å². The summed E-state index contributed by atoms with van der Waals surface area (Å²) in [5, 5.41) is 2.83. The molecule has 1 amide bonds. The SMILES string of the molecule is CC(C)[C@@H](NS(=O)(=O)c1ccc2c(c1)OCCCO2)C(=O)Nc1ccc(N2CCOCC2)cc1. The minimum atomic E-state index is -3.97. The van der Waals surface area contributed by atoms with Crippen molar-refractivity contribution in [2.45, 2.75) is 31.2 Å². The normalized spacial score (nSPS) is 17.2. The first-order valence-corrected chi connectivity index (χ1v) is 13.0. The maximum Gasteiger partial charge on any atom is 0.242 e. The van der Waals surface area contributed by atoms with Crippen molar-refractivity contribution in [3.63, 3.8) is 0 Å². The maximum atomic E-state index is 13.1. The molecule has 2 aromatic rings. The van der Waals surface area contributed by atoms with Crippen LogP contribution in [0, 0.1) is 5.92 Å². The number of hydrogen-bond acceptors (Lipinski definition) is 7. The van der Waals surface area contributed by atoms with Gasteiger partial charge in [0.15, 0.2) is 11.5 Å². The molecule has 10 heteroatoms. The van der Waals surface area contributed by atoms with Crippen molar-refractivity contribution in [2.24, 2.45) is 5.92 Å². The van der Waals surface area contributed by atoms with E-state index in [-0.39, 0.29) is 10.8 Å². The number of morpholine rings is 1. The lowest BCUT2D eigenvalue weighted by molar-refractivity contribution is -0.118. The average molecular weight is 490 g/mol. The number of nitrogens with one attached hydrogen (secondary N) is 2. The lowest BCUT2D eigenvalue weighted by atomic mass is 10.0. The van der Waals surface area contributed by atoms with Gasteiger partial charge in [-0.05, 0) is 42.3 Å². The molecule has 1 atom stereocenters. The number of amides is 1. The number of sulfonamides is 1. The zero-order valence-corrected chi connectivity index (χ0v) is 20.3. The van der Waals surface area contributed by atoms with E-state index in [0.717, 1.165) is 25.2 Å². The van der Waals surface area contributed by atoms with Crippen molar-refractivity contribution in [1.82, 2.24) is 4.72 Å². The third-order valence-electron chi connectivity index (χ3n) is 5.77. The Morgan fingerprint density at radius 1 is 0.941 bits per heavy atom. The Balaban J connectivity index is 1.45. The van der Waals surface area contributed by atoms with E-state index in [4.69, 9.17) is 14.2 Å². The zero-order chi connectivity index (χ0) is 24.1. The van der Waals surface area contributed by atoms with Gasteiger partial charge in [-0.25, -0.2) is 8.42 Å². The average Bonchev–Trinajstić information content (AvgIpc) is 3.08. The smallest absolute Gasteiger partial charge is 0.242 e. The molecular formula is C24H31N3O6S. The molecule has 2 aliphatic rings. The van der Waals surface area contributed by atoms with Gasteiger partial charge in [0, 0.05) is 37.0 Å². The lowest BCUT2D eigenvalue weighted by Crippen LogP contribution is -2.47. The second-order valence-corrected chi connectivity index (χ2v) is 10.4. The molecule has 0 radical (unpaired) electrons. The molecule has 0 aliphatic carbocycles. The predicted octanol–water partition coefficient (Wildman–Crippen LogP) is 2.63. The van der Waals surface area contributed by atoms with Crippen molar-refractivity contribution in [2.75, 3.05) is 49.7 Å². The highest BCUT2D eigenvalue weighted by Crippen LogP contribution is 2.32. The number of fused-ring (bicyclic) bond motifs is 1. The summed E-state index contributed by atoms with van der Waals surface area (Å²) in [5.74, 6) is 0.191. The second kappa shape index (κ2) is 10.6. The fourth-order valence-corrected chi connectivity index (χ4v) is 5.19. The summed E-state index contributed by atoms with van der Waals surface area (Å²) < 4.78 is 45.3. The predicted molar refractivity (Wildman–Crippen MR) is 129 cm³/mol. The molecule has 0 spiro atoms. The number of hydrogen-bond donors (Lipinski definition) is 2. The van der Waals surface area contributed by atoms with Crippen LogP contribution in [0.4, 0.5) is 11.4 Å². The number of benzene rings is 2. The highest BCUT2D eigenvalue weighted by molar-refractivity contribution is 7.89. The molecule has 184 valence electrons. The van der Waals surface area contributed by atoms with E-state index < -0.39 is 22.0 Å². The molecule has 2 aliphatic heterocycles. The molecule has 34 heavy (non-hydrogen) atoms. The molecular weight excluding hydrogens is 458 g/mol. The number of nitrogens with zero attached hydrogens (tertiary/aromatic N) is 1. The van der Waals surface area contributed by atoms with Gasteiger partial charge in [0.2, 0.25) is 15.9 Å². The summed E-state index contributed by atoms with van der Waals surface area (Å²) in [5.41, 5.74) is 1.65. The third-order valence-corrected chi connectivity index (χ3v) is 7.21. The van der Waals surface area contributed by atoms with Gasteiger partial charge in [0.05, 0.1) is 31.3 Å². The van der Waals surface area contributed by atoms with Gasteiger partial charge in [-0.3, -0.25) is 4.79 Å². The Kier molecular flexibility index (Phi) is 7.60. The molecule has 0 bridgehead atoms. The van der Waals surface area contributed by atoms with Gasteiger partial charge in [0.1, 0.15) is 6.04 Å². The van der Waals surface area contributed by atoms with Crippen LogP contribution in [0.1, 0.15) is 20.3 Å². The van der Waals surface area contributed by atoms with Gasteiger partial charge >= 0.3 is 0 Å². The summed E-state index contributed by atoms with van der Waals surface area (Å²) in [6.45, 7) is 7.58. The first-order chi connectivity index (χ1) is 16.3. The van der Waals surface area contributed by atoms with Gasteiger partial charge < -0.3 is 24.4 Å². The number of carbonyl (C=O) groups excluding carboxylic acids is 1. The van der Waals surface area contributed by atoms with Crippen LogP contribution in [0.3, 0.4) is 0 Å². The minimum absolute atomic E-state index is 0.0186. The van der Waals surface area contributed by atoms with Gasteiger partial charge in [0.25, 0.3) is 0 Å². The Morgan fingerprint density at radius 3 is 2.29 bits per heavy atom. The third kappa shape index (κ3) is 5.81. The Labute approximate surface area is 200 Å². The zero-order valence-electron chi connectivity index (χ0n) is 19.5. The van der Waals surface area contributed by atoms with E-state index in [0.29, 0.717) is 43.6 Å². The summed E-state index contributed by atoms with van der Waals surface area (Å²) >= 11 is 0. The molecule has 2 N–H and O–H groups in total. The summed E-state index contributed by atoms with van der Waals surface area (Å²) in [6.07, 6.45) is 0.720. The number of ether oxygens (including phenoxy) is 3. The van der Waals surface area contributed by atoms with Crippen molar-refractivity contribution in [3.05, 3.63) is 42.5 Å². The summed E-state index contributed by atoms with van der Waals surface area (Å²) in [6, 6.07) is 11.0. The molecule has 2 heterocycles. The van der Waals surface area contributed by atoms with E-state index in [2.05, 4.69) is 14.9 Å². The van der Waals surface area contributed by atoms with E-state index in [1.165, 1.54) is 12.1 Å². The van der Waals surface area contributed by atoms with Crippen LogP contribution >= 0.6 is 0 Å². The quantitative estimate of drug-likeness (QED) is 0.616. The monoisotopic (exact) mass is 489 g/mol. The molecule has 2 aromatic carbocycles. The highest BCUT2D eigenvalue weighted by Gasteiger charge is 2.29. The molecule has 9 nitrogen and oxygen atoms in total. The van der Waals surface area contributed by atoms with Gasteiger partial charge in [-0.1, -0.05) is 13.8 Å². The van der Waals surface area contributed by atoms with Crippen molar-refractivity contribution in [3.8, 4) is 11.5 Å². The Hall–Kier alpha value is -2.82. The fourth-order valence-electron chi connectivity index (χ4n) is 3.84. The van der Waals surface area contributed by atoms with Crippen molar-refractivity contribution in [1.29, 1.82) is 0 Å². The van der Waals surface area contributed by atoms with Crippen LogP contribution in [0.5, 0.6) is 11.5 Å². The lowest BCUT2D eigenvalue weighted by Gasteiger charge is -2.29. The molecule has 0 saturated carbocycles. The molecule has 4 rings (SSSR count). The molecule has 1 fully saturated rings. The van der Waals surface area contributed by atoms with Crippen LogP contribution in [-0.4, -0.2) is 59.9 Å². The Bertz CT molecular complexity index is 1100. The first-order valence-electron chi connectivity index (χ1n) is 11.5. The largest absolute Gasteiger partial charge is 0.490 e. The van der Waals surface area contributed by atoms with Gasteiger partial charge in [-0.15, -0.1) is 0 Å². The molecule has 0 aromatic heterocycles. The van der Waals surface area contributed by atoms with Crippen molar-refractivity contribution < 1.29 is 27.4 Å². The second-order valence-electron chi connectivity index (χ2n) is 8.64. The van der Waals surface area contributed by atoms with Crippen LogP contribution in [0.15, 0.2) is 47.4 Å². The van der Waals surface area contributed by atoms with E-state index in [9.17, 15) is 13.2 Å². The van der Waals surface area contributed by atoms with Crippen molar-refractivity contribution >= 4 is 27.3 Å². The standard InChI is InChI=1S/C24H31N3O6S/c1-17(2)23(24(28)25-18-4-6-19(7-5-18)27-10-14-31-15-11-27)26-34(29,30)20-8-9-21-22(16-20)33-13-3-12-32-21/h4-9,16-17,23,26H,3,10-15H2,1-2H3,(H,25,28)/t23-/m1/s1. The Morgan fingerprint density at radius 2 is 1.62 bits per heavy atom. The fraction of sp³-hybridized carbons (Fsp3) is 0.458. The maximum absolute atomic E-state index is 13.1. The van der Waals surface area contributed by atoms with Gasteiger partial charge in [-0.2, -0.15) is 4.72 Å². The van der Waals surface area contributed by atoms with Crippen LogP contribution in [0.2, 0.25) is 0 Å². The van der Waals surface area contributed by atoms with E-state index in [1.54, 1.807) is 19.9 Å².